The summed E-state index contributed by atoms with van der Waals surface area (Å²) in [6.45, 7) is 0. The van der Waals surface area contributed by atoms with E-state index in [0.29, 0.717) is 5.56 Å². The number of fused-ring (bicyclic) bond motifs is 1. The van der Waals surface area contributed by atoms with Gasteiger partial charge in [0.1, 0.15) is 0 Å². The molecule has 0 bridgehead atoms. The zero-order chi connectivity index (χ0) is 15.0. The van der Waals surface area contributed by atoms with Crippen LogP contribution in [0.3, 0.4) is 0 Å². The second kappa shape index (κ2) is 5.00. The maximum Gasteiger partial charge on any atom is 0.151 e. The van der Waals surface area contributed by atoms with E-state index in [1.807, 2.05) is 25.2 Å². The fourth-order valence-corrected chi connectivity index (χ4v) is 3.34. The standard InChI is InChI=1S/C16H16N2O2S/c1-18-15-6-4-3-5-13(15)8-16(18)14-7-12(9-17-10-14)11-21(2,19)20/h3-10H,11H2,1-2H3. The predicted octanol–water partition coefficient (Wildman–Crippen LogP) is 2.78. The van der Waals surface area contributed by atoms with Gasteiger partial charge in [0.05, 0.1) is 11.4 Å². The monoisotopic (exact) mass is 300 g/mol. The van der Waals surface area contributed by atoms with Crippen LogP contribution in [0.4, 0.5) is 0 Å². The lowest BCUT2D eigenvalue weighted by atomic mass is 10.1. The van der Waals surface area contributed by atoms with E-state index in [2.05, 4.69) is 27.8 Å². The maximum absolute atomic E-state index is 11.4. The minimum Gasteiger partial charge on any atom is -0.344 e. The maximum atomic E-state index is 11.4. The van der Waals surface area contributed by atoms with Crippen molar-refractivity contribution >= 4 is 20.7 Å². The van der Waals surface area contributed by atoms with Crippen LogP contribution in [0.2, 0.25) is 0 Å². The fraction of sp³-hybridized carbons (Fsp3) is 0.188. The molecule has 108 valence electrons. The van der Waals surface area contributed by atoms with Gasteiger partial charge in [0.15, 0.2) is 9.84 Å². The molecular formula is C16H16N2O2S. The number of sulfone groups is 1. The lowest BCUT2D eigenvalue weighted by Crippen LogP contribution is -2.01. The Morgan fingerprint density at radius 3 is 2.62 bits per heavy atom. The molecule has 0 aliphatic carbocycles. The van der Waals surface area contributed by atoms with Crippen LogP contribution in [0.5, 0.6) is 0 Å². The smallest absolute Gasteiger partial charge is 0.151 e. The second-order valence-corrected chi connectivity index (χ2v) is 7.44. The molecule has 1 aromatic carbocycles. The zero-order valence-corrected chi connectivity index (χ0v) is 12.8. The van der Waals surface area contributed by atoms with E-state index in [1.165, 1.54) is 6.26 Å². The molecule has 0 amide bonds. The highest BCUT2D eigenvalue weighted by Gasteiger charge is 2.10. The molecule has 3 rings (SSSR count). The number of nitrogens with zero attached hydrogens (tertiary/aromatic N) is 2. The molecule has 5 heteroatoms. The molecule has 0 N–H and O–H groups in total. The summed E-state index contributed by atoms with van der Waals surface area (Å²) in [5.41, 5.74) is 3.80. The van der Waals surface area contributed by atoms with Gasteiger partial charge in [-0.15, -0.1) is 0 Å². The summed E-state index contributed by atoms with van der Waals surface area (Å²) in [5, 5.41) is 1.16. The number of hydrogen-bond acceptors (Lipinski definition) is 3. The Hall–Kier alpha value is -2.14. The van der Waals surface area contributed by atoms with Crippen molar-refractivity contribution < 1.29 is 8.42 Å². The van der Waals surface area contributed by atoms with Gasteiger partial charge in [0, 0.05) is 42.2 Å². The van der Waals surface area contributed by atoms with Crippen LogP contribution in [0.25, 0.3) is 22.2 Å². The third kappa shape index (κ3) is 2.83. The van der Waals surface area contributed by atoms with Gasteiger partial charge in [-0.2, -0.15) is 0 Å². The van der Waals surface area contributed by atoms with Crippen molar-refractivity contribution in [3.8, 4) is 11.3 Å². The van der Waals surface area contributed by atoms with Crippen LogP contribution in [-0.4, -0.2) is 24.2 Å². The normalized spacial score (nSPS) is 11.9. The summed E-state index contributed by atoms with van der Waals surface area (Å²) < 4.78 is 24.9. The van der Waals surface area contributed by atoms with Gasteiger partial charge in [-0.05, 0) is 23.8 Å². The van der Waals surface area contributed by atoms with Crippen molar-refractivity contribution in [3.63, 3.8) is 0 Å². The quantitative estimate of drug-likeness (QED) is 0.747. The van der Waals surface area contributed by atoms with Crippen molar-refractivity contribution in [2.24, 2.45) is 7.05 Å². The van der Waals surface area contributed by atoms with Crippen LogP contribution in [0.1, 0.15) is 5.56 Å². The number of rotatable bonds is 3. The molecule has 0 spiro atoms. The highest BCUT2D eigenvalue weighted by Crippen LogP contribution is 2.27. The topological polar surface area (TPSA) is 52.0 Å². The molecule has 0 radical (unpaired) electrons. The number of pyridine rings is 1. The Morgan fingerprint density at radius 1 is 1.14 bits per heavy atom. The Balaban J connectivity index is 2.10. The SMILES string of the molecule is Cn1c(-c2cncc(CS(C)(=O)=O)c2)cc2ccccc21. The largest absolute Gasteiger partial charge is 0.344 e. The van der Waals surface area contributed by atoms with Crippen molar-refractivity contribution in [2.45, 2.75) is 5.75 Å². The summed E-state index contributed by atoms with van der Waals surface area (Å²) in [7, 11) is -1.06. The van der Waals surface area contributed by atoms with E-state index in [1.54, 1.807) is 12.4 Å². The van der Waals surface area contributed by atoms with E-state index < -0.39 is 9.84 Å². The van der Waals surface area contributed by atoms with Crippen molar-refractivity contribution in [2.75, 3.05) is 6.26 Å². The first kappa shape index (κ1) is 13.8. The van der Waals surface area contributed by atoms with Crippen LogP contribution in [0, 0.1) is 0 Å². The predicted molar refractivity (Wildman–Crippen MR) is 84.7 cm³/mol. The molecule has 2 heterocycles. The number of hydrogen-bond donors (Lipinski definition) is 0. The third-order valence-corrected chi connectivity index (χ3v) is 4.33. The summed E-state index contributed by atoms with van der Waals surface area (Å²) in [6, 6.07) is 12.1. The molecule has 0 fully saturated rings. The number of aromatic nitrogens is 2. The molecule has 0 atom stereocenters. The van der Waals surface area contributed by atoms with Gasteiger partial charge in [-0.25, -0.2) is 8.42 Å². The Morgan fingerprint density at radius 2 is 1.90 bits per heavy atom. The molecule has 0 aliphatic heterocycles. The summed E-state index contributed by atoms with van der Waals surface area (Å²) >= 11 is 0. The Bertz CT molecular complexity index is 911. The van der Waals surface area contributed by atoms with Crippen LogP contribution in [-0.2, 0) is 22.6 Å². The lowest BCUT2D eigenvalue weighted by Gasteiger charge is -2.06. The van der Waals surface area contributed by atoms with Gasteiger partial charge in [-0.1, -0.05) is 18.2 Å². The molecule has 21 heavy (non-hydrogen) atoms. The highest BCUT2D eigenvalue weighted by molar-refractivity contribution is 7.89. The Kier molecular flexibility index (Phi) is 3.29. The van der Waals surface area contributed by atoms with E-state index in [4.69, 9.17) is 0 Å². The fourth-order valence-electron chi connectivity index (χ4n) is 2.58. The molecule has 3 aromatic rings. The van der Waals surface area contributed by atoms with Crippen molar-refractivity contribution in [1.29, 1.82) is 0 Å². The van der Waals surface area contributed by atoms with E-state index in [0.717, 1.165) is 22.2 Å². The minimum atomic E-state index is -3.06. The summed E-state index contributed by atoms with van der Waals surface area (Å²) in [4.78, 5) is 4.18. The highest BCUT2D eigenvalue weighted by atomic mass is 32.2. The first-order chi connectivity index (χ1) is 9.94. The van der Waals surface area contributed by atoms with Gasteiger partial charge in [0.25, 0.3) is 0 Å². The molecule has 2 aromatic heterocycles. The molecule has 0 unspecified atom stereocenters. The molecule has 0 saturated heterocycles. The lowest BCUT2D eigenvalue weighted by molar-refractivity contribution is 0.601. The molecule has 0 saturated carbocycles. The van der Waals surface area contributed by atoms with Crippen LogP contribution in [0.15, 0.2) is 48.8 Å². The number of para-hydroxylation sites is 1. The van der Waals surface area contributed by atoms with Gasteiger partial charge < -0.3 is 4.57 Å². The van der Waals surface area contributed by atoms with Gasteiger partial charge in [0.2, 0.25) is 0 Å². The molecular weight excluding hydrogens is 284 g/mol. The molecule has 4 nitrogen and oxygen atoms in total. The first-order valence-corrected chi connectivity index (χ1v) is 8.66. The Labute approximate surface area is 124 Å². The average molecular weight is 300 g/mol. The summed E-state index contributed by atoms with van der Waals surface area (Å²) in [5.74, 6) is 0.0117. The minimum absolute atomic E-state index is 0.0117. The molecule has 0 aliphatic rings. The second-order valence-electron chi connectivity index (χ2n) is 5.30. The van der Waals surface area contributed by atoms with E-state index >= 15 is 0 Å². The first-order valence-electron chi connectivity index (χ1n) is 6.60. The van der Waals surface area contributed by atoms with Crippen molar-refractivity contribution in [1.82, 2.24) is 9.55 Å². The van der Waals surface area contributed by atoms with E-state index in [-0.39, 0.29) is 5.75 Å². The van der Waals surface area contributed by atoms with Gasteiger partial charge >= 0.3 is 0 Å². The van der Waals surface area contributed by atoms with Crippen LogP contribution >= 0.6 is 0 Å². The van der Waals surface area contributed by atoms with Crippen LogP contribution < -0.4 is 0 Å². The third-order valence-electron chi connectivity index (χ3n) is 3.47. The zero-order valence-electron chi connectivity index (χ0n) is 11.9. The van der Waals surface area contributed by atoms with E-state index in [9.17, 15) is 8.42 Å². The number of benzene rings is 1. The number of aryl methyl sites for hydroxylation is 1. The van der Waals surface area contributed by atoms with Crippen molar-refractivity contribution in [3.05, 3.63) is 54.4 Å². The average Bonchev–Trinajstić information content (AvgIpc) is 2.75. The summed E-state index contributed by atoms with van der Waals surface area (Å²) in [6.07, 6.45) is 4.60. The van der Waals surface area contributed by atoms with Gasteiger partial charge in [-0.3, -0.25) is 4.98 Å².